The fraction of sp³-hybridized carbons (Fsp3) is 0.500. The topological polar surface area (TPSA) is 231 Å². The van der Waals surface area contributed by atoms with E-state index < -0.39 is 78.5 Å². The van der Waals surface area contributed by atoms with Crippen LogP contribution in [-0.2, 0) is 35.2 Å². The predicted octanol–water partition coefficient (Wildman–Crippen LogP) is -1.12. The van der Waals surface area contributed by atoms with Gasteiger partial charge in [0.05, 0.1) is 12.5 Å². The van der Waals surface area contributed by atoms with E-state index in [2.05, 4.69) is 16.0 Å². The highest BCUT2D eigenvalue weighted by molar-refractivity contribution is 5.96. The lowest BCUT2D eigenvalue weighted by atomic mass is 9.98. The second-order valence-corrected chi connectivity index (χ2v) is 8.73. The Hall–Kier alpha value is -4.00. The van der Waals surface area contributed by atoms with E-state index in [0.29, 0.717) is 6.42 Å². The molecule has 204 valence electrons. The molecule has 4 amide bonds. The lowest BCUT2D eigenvalue weighted by Gasteiger charge is -2.26. The van der Waals surface area contributed by atoms with Crippen molar-refractivity contribution in [1.29, 1.82) is 0 Å². The second-order valence-electron chi connectivity index (χ2n) is 8.73. The number of carboxylic acids is 2. The minimum Gasteiger partial charge on any atom is -0.481 e. The summed E-state index contributed by atoms with van der Waals surface area (Å²) in [5.74, 6) is -6.58. The van der Waals surface area contributed by atoms with E-state index in [-0.39, 0.29) is 12.8 Å². The number of carboxylic acid groups (broad SMARTS) is 2. The summed E-state index contributed by atoms with van der Waals surface area (Å²) >= 11 is 0. The van der Waals surface area contributed by atoms with Crippen molar-refractivity contribution in [3.8, 4) is 0 Å². The van der Waals surface area contributed by atoms with Crippen LogP contribution in [0.3, 0.4) is 0 Å². The highest BCUT2D eigenvalue weighted by Crippen LogP contribution is 2.10. The normalized spacial score (nSPS) is 14.8. The zero-order valence-electron chi connectivity index (χ0n) is 20.8. The average Bonchev–Trinajstić information content (AvgIpc) is 2.83. The lowest BCUT2D eigenvalue weighted by Crippen LogP contribution is -2.58. The zero-order chi connectivity index (χ0) is 28.1. The van der Waals surface area contributed by atoms with Crippen molar-refractivity contribution in [3.05, 3.63) is 35.9 Å². The van der Waals surface area contributed by atoms with E-state index in [1.165, 1.54) is 0 Å². The van der Waals surface area contributed by atoms with Gasteiger partial charge in [0.25, 0.3) is 0 Å². The lowest BCUT2D eigenvalue weighted by molar-refractivity contribution is -0.144. The van der Waals surface area contributed by atoms with Crippen molar-refractivity contribution < 1.29 is 39.0 Å². The highest BCUT2D eigenvalue weighted by atomic mass is 16.4. The van der Waals surface area contributed by atoms with Gasteiger partial charge in [0.15, 0.2) is 0 Å². The molecular formula is C24H35N5O8. The van der Waals surface area contributed by atoms with Gasteiger partial charge in [0.1, 0.15) is 18.1 Å². The number of hydrogen-bond acceptors (Lipinski definition) is 7. The molecule has 0 radical (unpaired) electrons. The molecule has 37 heavy (non-hydrogen) atoms. The van der Waals surface area contributed by atoms with Crippen molar-refractivity contribution in [1.82, 2.24) is 16.0 Å². The summed E-state index contributed by atoms with van der Waals surface area (Å²) < 4.78 is 0. The molecule has 0 heterocycles. The molecular weight excluding hydrogens is 486 g/mol. The Kier molecular flexibility index (Phi) is 12.7. The SMILES string of the molecule is CCC(C)C(NC(=O)C(CCC(=O)O)NC(=O)C(CC(N)=O)NC(=O)C(N)Cc1ccccc1)C(=O)O. The molecule has 1 aromatic rings. The molecule has 0 aliphatic carbocycles. The maximum atomic E-state index is 12.9. The molecule has 0 saturated heterocycles. The van der Waals surface area contributed by atoms with Crippen LogP contribution in [0.15, 0.2) is 30.3 Å². The fourth-order valence-electron chi connectivity index (χ4n) is 3.40. The maximum absolute atomic E-state index is 12.9. The van der Waals surface area contributed by atoms with Crippen LogP contribution in [0.1, 0.15) is 45.1 Å². The van der Waals surface area contributed by atoms with Crippen molar-refractivity contribution in [2.24, 2.45) is 17.4 Å². The zero-order valence-corrected chi connectivity index (χ0v) is 20.8. The number of primary amides is 1. The van der Waals surface area contributed by atoms with E-state index in [9.17, 15) is 33.9 Å². The van der Waals surface area contributed by atoms with E-state index >= 15 is 0 Å². The molecule has 13 heteroatoms. The van der Waals surface area contributed by atoms with E-state index in [1.807, 2.05) is 0 Å². The Morgan fingerprint density at radius 3 is 1.97 bits per heavy atom. The van der Waals surface area contributed by atoms with Gasteiger partial charge in [-0.2, -0.15) is 0 Å². The first-order valence-electron chi connectivity index (χ1n) is 11.8. The van der Waals surface area contributed by atoms with Crippen molar-refractivity contribution in [3.63, 3.8) is 0 Å². The number of rotatable bonds is 16. The first-order valence-corrected chi connectivity index (χ1v) is 11.8. The van der Waals surface area contributed by atoms with Crippen LogP contribution in [0, 0.1) is 5.92 Å². The minimum atomic E-state index is -1.50. The molecule has 1 rings (SSSR count). The Labute approximate surface area is 214 Å². The summed E-state index contributed by atoms with van der Waals surface area (Å²) in [5, 5.41) is 25.4. The Balaban J connectivity index is 3.02. The van der Waals surface area contributed by atoms with E-state index in [1.54, 1.807) is 44.2 Å². The molecule has 5 unspecified atom stereocenters. The third-order valence-corrected chi connectivity index (χ3v) is 5.73. The van der Waals surface area contributed by atoms with Crippen LogP contribution in [0.4, 0.5) is 0 Å². The number of hydrogen-bond donors (Lipinski definition) is 7. The molecule has 0 bridgehead atoms. The Morgan fingerprint density at radius 2 is 1.46 bits per heavy atom. The first-order chi connectivity index (χ1) is 17.3. The molecule has 9 N–H and O–H groups in total. The van der Waals surface area contributed by atoms with Gasteiger partial charge < -0.3 is 37.6 Å². The summed E-state index contributed by atoms with van der Waals surface area (Å²) in [6.07, 6.45) is -0.932. The summed E-state index contributed by atoms with van der Waals surface area (Å²) in [5.41, 5.74) is 11.9. The van der Waals surface area contributed by atoms with Gasteiger partial charge in [-0.15, -0.1) is 0 Å². The van der Waals surface area contributed by atoms with Crippen LogP contribution in [0.5, 0.6) is 0 Å². The predicted molar refractivity (Wildman–Crippen MR) is 132 cm³/mol. The number of nitrogens with one attached hydrogen (secondary N) is 3. The van der Waals surface area contributed by atoms with Crippen LogP contribution in [0.2, 0.25) is 0 Å². The Bertz CT molecular complexity index is 971. The standard InChI is InChI=1S/C24H35N5O8/c1-3-13(2)20(24(36)37)29-22(34)16(9-10-19(31)32)27-23(35)17(12-18(26)30)28-21(33)15(25)11-14-7-5-4-6-8-14/h4-8,13,15-17,20H,3,9-12,25H2,1-2H3,(H2,26,30)(H,27,35)(H,28,33)(H,29,34)(H,31,32)(H,36,37). The molecule has 0 saturated carbocycles. The molecule has 0 aliphatic heterocycles. The summed E-state index contributed by atoms with van der Waals surface area (Å²) in [7, 11) is 0. The molecule has 0 fully saturated rings. The molecule has 0 aromatic heterocycles. The molecule has 13 nitrogen and oxygen atoms in total. The first kappa shape index (κ1) is 31.0. The number of carbonyl (C=O) groups is 6. The third-order valence-electron chi connectivity index (χ3n) is 5.73. The number of amides is 4. The van der Waals surface area contributed by atoms with Crippen LogP contribution in [0.25, 0.3) is 0 Å². The molecule has 0 aliphatic rings. The minimum absolute atomic E-state index is 0.146. The fourth-order valence-corrected chi connectivity index (χ4v) is 3.40. The Morgan fingerprint density at radius 1 is 0.892 bits per heavy atom. The van der Waals surface area contributed by atoms with Gasteiger partial charge in [-0.25, -0.2) is 4.79 Å². The van der Waals surface area contributed by atoms with Crippen molar-refractivity contribution in [2.75, 3.05) is 0 Å². The second kappa shape index (κ2) is 15.2. The summed E-state index contributed by atoms with van der Waals surface area (Å²) in [6.45, 7) is 3.34. The quantitative estimate of drug-likeness (QED) is 0.139. The van der Waals surface area contributed by atoms with Crippen LogP contribution >= 0.6 is 0 Å². The van der Waals surface area contributed by atoms with Crippen molar-refractivity contribution in [2.45, 2.75) is 70.1 Å². The van der Waals surface area contributed by atoms with Gasteiger partial charge in [-0.1, -0.05) is 50.6 Å². The van der Waals surface area contributed by atoms with Gasteiger partial charge in [-0.05, 0) is 24.3 Å². The molecule has 1 aromatic carbocycles. The van der Waals surface area contributed by atoms with Gasteiger partial charge in [0, 0.05) is 6.42 Å². The van der Waals surface area contributed by atoms with Gasteiger partial charge >= 0.3 is 11.9 Å². The molecule has 5 atom stereocenters. The monoisotopic (exact) mass is 521 g/mol. The molecule has 0 spiro atoms. The van der Waals surface area contributed by atoms with Crippen LogP contribution < -0.4 is 27.4 Å². The van der Waals surface area contributed by atoms with E-state index in [0.717, 1.165) is 5.56 Å². The number of aliphatic carboxylic acids is 2. The van der Waals surface area contributed by atoms with Gasteiger partial charge in [-0.3, -0.25) is 24.0 Å². The smallest absolute Gasteiger partial charge is 0.326 e. The van der Waals surface area contributed by atoms with Crippen LogP contribution in [-0.4, -0.2) is 69.9 Å². The number of carbonyl (C=O) groups excluding carboxylic acids is 4. The average molecular weight is 522 g/mol. The van der Waals surface area contributed by atoms with Crippen molar-refractivity contribution >= 4 is 35.6 Å². The van der Waals surface area contributed by atoms with E-state index in [4.69, 9.17) is 16.6 Å². The number of nitrogens with two attached hydrogens (primary N) is 2. The maximum Gasteiger partial charge on any atom is 0.326 e. The summed E-state index contributed by atoms with van der Waals surface area (Å²) in [6, 6.07) is 3.54. The third kappa shape index (κ3) is 11.1. The van der Waals surface area contributed by atoms with Gasteiger partial charge in [0.2, 0.25) is 23.6 Å². The number of benzene rings is 1. The highest BCUT2D eigenvalue weighted by Gasteiger charge is 2.32. The largest absolute Gasteiger partial charge is 0.481 e. The summed E-state index contributed by atoms with van der Waals surface area (Å²) in [4.78, 5) is 72.6.